The molecule has 2 aromatic rings. The van der Waals surface area contributed by atoms with Gasteiger partial charge in [-0.05, 0) is 29.3 Å². The molecule has 2 aliphatic heterocycles. The highest BCUT2D eigenvalue weighted by Crippen LogP contribution is 2.41. The molecule has 6 nitrogen and oxygen atoms in total. The molecule has 2 heterocycles. The van der Waals surface area contributed by atoms with E-state index in [9.17, 15) is 4.79 Å². The first-order valence-corrected chi connectivity index (χ1v) is 14.5. The number of rotatable bonds is 6. The summed E-state index contributed by atoms with van der Waals surface area (Å²) in [7, 11) is -2.80. The number of benzene rings is 2. The molecule has 2 fully saturated rings. The predicted molar refractivity (Wildman–Crippen MR) is 141 cm³/mol. The SMILES string of the molecule is CC(=O)O[C@H]1[C@@H]2OC(C)(C)O[C@@H]2[C@@H](S)O[C@@H]1CO[Si](c1ccccc1)(c1ccccc1)C(C)(C)C. The van der Waals surface area contributed by atoms with Crippen molar-refractivity contribution >= 4 is 37.3 Å². The molecule has 8 heteroatoms. The van der Waals surface area contributed by atoms with Gasteiger partial charge in [0.2, 0.25) is 0 Å². The summed E-state index contributed by atoms with van der Waals surface area (Å²) in [5.41, 5.74) is -0.540. The highest BCUT2D eigenvalue weighted by atomic mass is 32.1. The van der Waals surface area contributed by atoms with Gasteiger partial charge in [0, 0.05) is 6.92 Å². The molecular weight excluding hydrogens is 480 g/mol. The van der Waals surface area contributed by atoms with Crippen LogP contribution in [0.25, 0.3) is 0 Å². The molecule has 2 aromatic carbocycles. The lowest BCUT2D eigenvalue weighted by Gasteiger charge is -2.45. The Morgan fingerprint density at radius 3 is 1.97 bits per heavy atom. The van der Waals surface area contributed by atoms with Gasteiger partial charge in [-0.25, -0.2) is 0 Å². The highest BCUT2D eigenvalue weighted by molar-refractivity contribution is 7.80. The van der Waals surface area contributed by atoms with Gasteiger partial charge < -0.3 is 23.4 Å². The Morgan fingerprint density at radius 2 is 1.49 bits per heavy atom. The van der Waals surface area contributed by atoms with Gasteiger partial charge >= 0.3 is 5.97 Å². The Balaban J connectivity index is 1.72. The van der Waals surface area contributed by atoms with E-state index >= 15 is 0 Å². The minimum Gasteiger partial charge on any atom is -0.457 e. The molecular formula is C27H36O6SSi. The molecule has 0 aliphatic carbocycles. The normalized spacial score (nSPS) is 28.4. The molecule has 2 aliphatic rings. The van der Waals surface area contributed by atoms with Crippen LogP contribution in [0.4, 0.5) is 0 Å². The quantitative estimate of drug-likeness (QED) is 0.359. The van der Waals surface area contributed by atoms with Crippen molar-refractivity contribution in [2.75, 3.05) is 6.61 Å². The van der Waals surface area contributed by atoms with E-state index in [2.05, 4.69) is 57.7 Å². The summed E-state index contributed by atoms with van der Waals surface area (Å²) in [6.45, 7) is 11.9. The van der Waals surface area contributed by atoms with Crippen LogP contribution in [0.1, 0.15) is 41.5 Å². The number of ether oxygens (including phenoxy) is 4. The number of carbonyl (C=O) groups excluding carboxylic acids is 1. The molecule has 0 bridgehead atoms. The third-order valence-electron chi connectivity index (χ3n) is 6.63. The maximum Gasteiger partial charge on any atom is 0.303 e. The van der Waals surface area contributed by atoms with Crippen LogP contribution in [0, 0.1) is 0 Å². The molecule has 0 saturated carbocycles. The van der Waals surface area contributed by atoms with Crippen molar-refractivity contribution < 1.29 is 28.2 Å². The van der Waals surface area contributed by atoms with Gasteiger partial charge in [0.1, 0.15) is 23.7 Å². The summed E-state index contributed by atoms with van der Waals surface area (Å²) in [6.07, 6.45) is -2.21. The summed E-state index contributed by atoms with van der Waals surface area (Å²) in [5.74, 6) is -1.23. The van der Waals surface area contributed by atoms with Gasteiger partial charge in [-0.3, -0.25) is 4.79 Å². The highest BCUT2D eigenvalue weighted by Gasteiger charge is 2.57. The Morgan fingerprint density at radius 1 is 0.971 bits per heavy atom. The van der Waals surface area contributed by atoms with Crippen LogP contribution in [0.15, 0.2) is 60.7 Å². The lowest BCUT2D eigenvalue weighted by atomic mass is 10.00. The van der Waals surface area contributed by atoms with Crippen molar-refractivity contribution in [1.82, 2.24) is 0 Å². The average Bonchev–Trinajstić information content (AvgIpc) is 3.13. The molecule has 0 unspecified atom stereocenters. The zero-order valence-corrected chi connectivity index (χ0v) is 23.2. The zero-order chi connectivity index (χ0) is 25.4. The van der Waals surface area contributed by atoms with Gasteiger partial charge in [0.15, 0.2) is 11.9 Å². The first-order valence-electron chi connectivity index (χ1n) is 12.1. The van der Waals surface area contributed by atoms with Crippen LogP contribution in [-0.2, 0) is 28.2 Å². The summed E-state index contributed by atoms with van der Waals surface area (Å²) < 4.78 is 31.3. The van der Waals surface area contributed by atoms with Crippen LogP contribution in [0.5, 0.6) is 0 Å². The van der Waals surface area contributed by atoms with E-state index in [0.29, 0.717) is 0 Å². The van der Waals surface area contributed by atoms with Crippen molar-refractivity contribution in [2.24, 2.45) is 0 Å². The number of esters is 1. The predicted octanol–water partition coefficient (Wildman–Crippen LogP) is 3.67. The topological polar surface area (TPSA) is 63.2 Å². The first-order chi connectivity index (χ1) is 16.4. The number of fused-ring (bicyclic) bond motifs is 1. The van der Waals surface area contributed by atoms with Crippen molar-refractivity contribution in [1.29, 1.82) is 0 Å². The third kappa shape index (κ3) is 5.24. The number of carbonyl (C=O) groups is 1. The molecule has 0 radical (unpaired) electrons. The van der Waals surface area contributed by atoms with E-state index in [4.69, 9.17) is 23.4 Å². The molecule has 35 heavy (non-hydrogen) atoms. The monoisotopic (exact) mass is 516 g/mol. The molecule has 0 aromatic heterocycles. The second kappa shape index (κ2) is 9.99. The Kier molecular flexibility index (Phi) is 7.53. The maximum atomic E-state index is 12.1. The average molecular weight is 517 g/mol. The minimum atomic E-state index is -2.80. The lowest BCUT2D eigenvalue weighted by molar-refractivity contribution is -0.197. The Hall–Kier alpha value is -1.68. The zero-order valence-electron chi connectivity index (χ0n) is 21.3. The van der Waals surface area contributed by atoms with Crippen LogP contribution in [0.3, 0.4) is 0 Å². The van der Waals surface area contributed by atoms with Gasteiger partial charge in [-0.1, -0.05) is 81.4 Å². The minimum absolute atomic E-state index is 0.195. The number of hydrogen-bond donors (Lipinski definition) is 1. The fourth-order valence-corrected chi connectivity index (χ4v) is 10.2. The first kappa shape index (κ1) is 26.4. The fourth-order valence-electron chi connectivity index (χ4n) is 5.27. The Labute approximate surface area is 214 Å². The van der Waals surface area contributed by atoms with E-state index in [0.717, 1.165) is 0 Å². The molecule has 0 spiro atoms. The molecule has 2 saturated heterocycles. The summed E-state index contributed by atoms with van der Waals surface area (Å²) in [6, 6.07) is 20.8. The molecule has 0 amide bonds. The smallest absolute Gasteiger partial charge is 0.303 e. The molecule has 190 valence electrons. The lowest BCUT2D eigenvalue weighted by Crippen LogP contribution is -2.68. The van der Waals surface area contributed by atoms with E-state index < -0.39 is 49.9 Å². The van der Waals surface area contributed by atoms with Gasteiger partial charge in [-0.2, -0.15) is 0 Å². The van der Waals surface area contributed by atoms with Crippen molar-refractivity contribution in [3.8, 4) is 0 Å². The molecule has 5 atom stereocenters. The third-order valence-corrected chi connectivity index (χ3v) is 12.1. The number of hydrogen-bond acceptors (Lipinski definition) is 7. The maximum absolute atomic E-state index is 12.1. The van der Waals surface area contributed by atoms with Gasteiger partial charge in [0.25, 0.3) is 8.32 Å². The van der Waals surface area contributed by atoms with Crippen LogP contribution >= 0.6 is 12.6 Å². The van der Waals surface area contributed by atoms with E-state index in [1.165, 1.54) is 17.3 Å². The van der Waals surface area contributed by atoms with Crippen LogP contribution in [0.2, 0.25) is 5.04 Å². The van der Waals surface area contributed by atoms with Gasteiger partial charge in [-0.15, -0.1) is 12.6 Å². The second-order valence-corrected chi connectivity index (χ2v) is 15.5. The fraction of sp³-hybridized carbons (Fsp3) is 0.519. The largest absolute Gasteiger partial charge is 0.457 e. The summed E-state index contributed by atoms with van der Waals surface area (Å²) in [5, 5.41) is 2.14. The van der Waals surface area contributed by atoms with E-state index in [1.54, 1.807) is 0 Å². The molecule has 0 N–H and O–H groups in total. The molecule has 4 rings (SSSR count). The standard InChI is InChI=1S/C27H36O6SSi/c1-18(28)30-22-21(31-25(34)24-23(22)32-27(5,6)33-24)17-29-35(26(2,3)4,19-13-9-7-10-14-19)20-15-11-8-12-16-20/h7-16,21-25,34H,17H2,1-6H3/t21-,22-,23+,24+,25-/m1/s1. The van der Waals surface area contributed by atoms with E-state index in [1.807, 2.05) is 50.2 Å². The van der Waals surface area contributed by atoms with Crippen LogP contribution < -0.4 is 10.4 Å². The van der Waals surface area contributed by atoms with Crippen molar-refractivity contribution in [3.63, 3.8) is 0 Å². The summed E-state index contributed by atoms with van der Waals surface area (Å²) in [4.78, 5) is 12.1. The summed E-state index contributed by atoms with van der Waals surface area (Å²) >= 11 is 4.65. The van der Waals surface area contributed by atoms with Crippen molar-refractivity contribution in [2.45, 2.75) is 82.2 Å². The second-order valence-electron chi connectivity index (χ2n) is 10.7. The number of thiol groups is 1. The Bertz CT molecular complexity index is 970. The van der Waals surface area contributed by atoms with E-state index in [-0.39, 0.29) is 11.6 Å². The van der Waals surface area contributed by atoms with Crippen molar-refractivity contribution in [3.05, 3.63) is 60.7 Å². The van der Waals surface area contributed by atoms with Crippen LogP contribution in [-0.4, -0.2) is 56.5 Å². The van der Waals surface area contributed by atoms with Gasteiger partial charge in [0.05, 0.1) is 6.61 Å².